The lowest BCUT2D eigenvalue weighted by atomic mass is 10.1. The van der Waals surface area contributed by atoms with Gasteiger partial charge in [0, 0.05) is 22.3 Å². The van der Waals surface area contributed by atoms with E-state index in [2.05, 4.69) is 17.0 Å². The first-order valence-corrected chi connectivity index (χ1v) is 17.2. The Kier molecular flexibility index (Phi) is 9.72. The smallest absolute Gasteiger partial charge is 0.291 e. The average Bonchev–Trinajstić information content (AvgIpc) is 3.84. The molecule has 0 bridgehead atoms. The van der Waals surface area contributed by atoms with E-state index in [0.29, 0.717) is 56.5 Å². The van der Waals surface area contributed by atoms with E-state index in [9.17, 15) is 4.79 Å². The molecule has 50 heavy (non-hydrogen) atoms. The number of thiazole rings is 1. The van der Waals surface area contributed by atoms with Crippen molar-refractivity contribution >= 4 is 46.1 Å². The van der Waals surface area contributed by atoms with Crippen molar-refractivity contribution in [2.24, 2.45) is 0 Å². The maximum Gasteiger partial charge on any atom is 0.291 e. The third kappa shape index (κ3) is 7.31. The molecule has 0 atom stereocenters. The fraction of sp³-hybridized carbons (Fsp3) is 0.128. The summed E-state index contributed by atoms with van der Waals surface area (Å²) in [5.41, 5.74) is 4.86. The highest BCUT2D eigenvalue weighted by molar-refractivity contribution is 7.15. The van der Waals surface area contributed by atoms with E-state index in [0.717, 1.165) is 34.4 Å². The lowest BCUT2D eigenvalue weighted by molar-refractivity contribution is 0.294. The number of benzene rings is 4. The number of hydrogen-bond acceptors (Lipinski definition) is 8. The van der Waals surface area contributed by atoms with Crippen LogP contribution in [0.25, 0.3) is 40.1 Å². The summed E-state index contributed by atoms with van der Waals surface area (Å²) in [4.78, 5) is 18.7. The summed E-state index contributed by atoms with van der Waals surface area (Å²) in [7, 11) is 1.61. The molecule has 0 fully saturated rings. The van der Waals surface area contributed by atoms with Gasteiger partial charge in [-0.15, -0.1) is 5.10 Å². The second kappa shape index (κ2) is 14.8. The minimum atomic E-state index is -0.255. The summed E-state index contributed by atoms with van der Waals surface area (Å²) in [6, 6.07) is 30.9. The quantitative estimate of drug-likeness (QED) is 0.129. The Hall–Kier alpha value is -5.71. The van der Waals surface area contributed by atoms with Crippen LogP contribution in [0.1, 0.15) is 35.9 Å². The molecule has 0 aliphatic rings. The van der Waals surface area contributed by atoms with Crippen LogP contribution in [0.5, 0.6) is 17.2 Å². The fourth-order valence-electron chi connectivity index (χ4n) is 5.26. The zero-order valence-corrected chi connectivity index (χ0v) is 28.9. The van der Waals surface area contributed by atoms with E-state index in [1.54, 1.807) is 13.2 Å². The first kappa shape index (κ1) is 32.8. The topological polar surface area (TPSA) is 92.8 Å². The van der Waals surface area contributed by atoms with Crippen molar-refractivity contribution in [2.45, 2.75) is 20.0 Å². The van der Waals surface area contributed by atoms with Gasteiger partial charge in [-0.1, -0.05) is 84.5 Å². The Bertz CT molecular complexity index is 2400. The monoisotopic (exact) mass is 701 g/mol. The van der Waals surface area contributed by atoms with Crippen LogP contribution in [0.2, 0.25) is 5.02 Å². The van der Waals surface area contributed by atoms with Gasteiger partial charge in [-0.2, -0.15) is 14.6 Å². The Labute approximate surface area is 297 Å². The lowest BCUT2D eigenvalue weighted by Gasteiger charge is -2.10. The predicted octanol–water partition coefficient (Wildman–Crippen LogP) is 7.75. The molecule has 0 aliphatic carbocycles. The van der Waals surface area contributed by atoms with Crippen molar-refractivity contribution in [3.8, 4) is 34.2 Å². The summed E-state index contributed by atoms with van der Waals surface area (Å²) >= 11 is 7.31. The molecule has 3 aromatic heterocycles. The van der Waals surface area contributed by atoms with Gasteiger partial charge in [0.15, 0.2) is 17.3 Å². The minimum Gasteiger partial charge on any atom is -0.493 e. The van der Waals surface area contributed by atoms with Crippen LogP contribution >= 0.6 is 22.9 Å². The maximum atomic E-state index is 13.6. The van der Waals surface area contributed by atoms with Crippen LogP contribution < -0.4 is 24.3 Å². The maximum absolute atomic E-state index is 13.6. The molecule has 11 heteroatoms. The molecule has 0 N–H and O–H groups in total. The van der Waals surface area contributed by atoms with Crippen molar-refractivity contribution in [1.29, 1.82) is 0 Å². The molecule has 4 aromatic carbocycles. The lowest BCUT2D eigenvalue weighted by Crippen LogP contribution is -2.23. The van der Waals surface area contributed by atoms with E-state index in [-0.39, 0.29) is 5.56 Å². The third-order valence-corrected chi connectivity index (χ3v) is 8.96. The standard InChI is InChI=1S/C39H32ClN5O4S/c1-3-20-48-33-18-14-26(21-34(33)47-2)15-19-36-41-39-45(42-36)38(46)35(50-39)23-29-24-44(31-9-5-4-6-10-31)43-37(29)28-8-7-11-32(22-28)49-25-27-12-16-30(40)17-13-27/h4-19,21-24H,3,20,25H2,1-2H3/b19-15+,35-23-. The molecule has 7 aromatic rings. The summed E-state index contributed by atoms with van der Waals surface area (Å²) in [5, 5.41) is 10.1. The zero-order chi connectivity index (χ0) is 34.5. The first-order valence-electron chi connectivity index (χ1n) is 16.0. The van der Waals surface area contributed by atoms with Crippen LogP contribution in [0.4, 0.5) is 0 Å². The number of rotatable bonds is 12. The van der Waals surface area contributed by atoms with Crippen LogP contribution in [0.3, 0.4) is 0 Å². The average molecular weight is 702 g/mol. The van der Waals surface area contributed by atoms with Gasteiger partial charge in [0.1, 0.15) is 18.1 Å². The number of methoxy groups -OCH3 is 1. The molecule has 9 nitrogen and oxygen atoms in total. The number of nitrogens with zero attached hydrogens (tertiary/aromatic N) is 5. The van der Waals surface area contributed by atoms with Gasteiger partial charge in [-0.05, 0) is 78.2 Å². The first-order chi connectivity index (χ1) is 24.5. The molecule has 0 spiro atoms. The number of halogens is 1. The van der Waals surface area contributed by atoms with Gasteiger partial charge in [0.25, 0.3) is 5.56 Å². The molecule has 250 valence electrons. The molecule has 7 rings (SSSR count). The van der Waals surface area contributed by atoms with Crippen molar-refractivity contribution in [3.05, 3.63) is 146 Å². The molecule has 3 heterocycles. The van der Waals surface area contributed by atoms with Gasteiger partial charge in [0.2, 0.25) is 4.96 Å². The summed E-state index contributed by atoms with van der Waals surface area (Å²) in [6.45, 7) is 3.06. The third-order valence-electron chi connectivity index (χ3n) is 7.75. The van der Waals surface area contributed by atoms with Gasteiger partial charge >= 0.3 is 0 Å². The molecular formula is C39H32ClN5O4S. The molecule has 0 radical (unpaired) electrons. The largest absolute Gasteiger partial charge is 0.493 e. The second-order valence-electron chi connectivity index (χ2n) is 11.3. The molecule has 0 unspecified atom stereocenters. The molecule has 0 saturated heterocycles. The number of aromatic nitrogens is 5. The highest BCUT2D eigenvalue weighted by Gasteiger charge is 2.15. The van der Waals surface area contributed by atoms with Crippen LogP contribution in [-0.4, -0.2) is 38.1 Å². The van der Waals surface area contributed by atoms with Crippen molar-refractivity contribution < 1.29 is 14.2 Å². The normalized spacial score (nSPS) is 11.9. The Balaban J connectivity index is 1.19. The summed E-state index contributed by atoms with van der Waals surface area (Å²) < 4.78 is 21.0. The highest BCUT2D eigenvalue weighted by Crippen LogP contribution is 2.30. The van der Waals surface area contributed by atoms with Crippen LogP contribution in [0, 0.1) is 0 Å². The van der Waals surface area contributed by atoms with E-state index in [1.807, 2.05) is 120 Å². The number of fused-ring (bicyclic) bond motifs is 1. The second-order valence-corrected chi connectivity index (χ2v) is 12.8. The van der Waals surface area contributed by atoms with Crippen LogP contribution in [0.15, 0.2) is 108 Å². The zero-order valence-electron chi connectivity index (χ0n) is 27.3. The SMILES string of the molecule is CCCOc1ccc(/C=C/c2nc3s/c(=C\c4cn(-c5ccccc5)nc4-c4cccc(OCc5ccc(Cl)cc5)c4)c(=O)n3n2)cc1OC. The van der Waals surface area contributed by atoms with E-state index < -0.39 is 0 Å². The van der Waals surface area contributed by atoms with E-state index >= 15 is 0 Å². The van der Waals surface area contributed by atoms with Crippen molar-refractivity contribution in [3.63, 3.8) is 0 Å². The Morgan fingerprint density at radius 3 is 2.50 bits per heavy atom. The highest BCUT2D eigenvalue weighted by atomic mass is 35.5. The number of ether oxygens (including phenoxy) is 3. The summed E-state index contributed by atoms with van der Waals surface area (Å²) in [5.74, 6) is 2.46. The van der Waals surface area contributed by atoms with Gasteiger partial charge in [-0.25, -0.2) is 4.68 Å². The predicted molar refractivity (Wildman–Crippen MR) is 198 cm³/mol. The van der Waals surface area contributed by atoms with Crippen LogP contribution in [-0.2, 0) is 6.61 Å². The molecule has 0 aliphatic heterocycles. The van der Waals surface area contributed by atoms with Gasteiger partial charge < -0.3 is 14.2 Å². The molecule has 0 saturated carbocycles. The Morgan fingerprint density at radius 1 is 0.880 bits per heavy atom. The van der Waals surface area contributed by atoms with Crippen molar-refractivity contribution in [2.75, 3.05) is 13.7 Å². The number of hydrogen-bond donors (Lipinski definition) is 0. The van der Waals surface area contributed by atoms with E-state index in [4.69, 9.17) is 30.9 Å². The number of para-hydroxylation sites is 1. The summed E-state index contributed by atoms with van der Waals surface area (Å²) in [6.07, 6.45) is 8.32. The molecule has 0 amide bonds. The fourth-order valence-corrected chi connectivity index (χ4v) is 6.29. The van der Waals surface area contributed by atoms with E-state index in [1.165, 1.54) is 15.9 Å². The van der Waals surface area contributed by atoms with Gasteiger partial charge in [0.05, 0.1) is 23.9 Å². The van der Waals surface area contributed by atoms with Gasteiger partial charge in [-0.3, -0.25) is 4.79 Å². The Morgan fingerprint density at radius 2 is 1.72 bits per heavy atom. The molecular weight excluding hydrogens is 670 g/mol. The minimum absolute atomic E-state index is 0.255. The van der Waals surface area contributed by atoms with Crippen molar-refractivity contribution in [1.82, 2.24) is 24.4 Å².